The molecule has 1 saturated heterocycles. The molecule has 0 aromatic heterocycles. The normalized spacial score (nSPS) is 23.7. The Bertz CT molecular complexity index is 437. The van der Waals surface area contributed by atoms with E-state index in [-0.39, 0.29) is 11.9 Å². The van der Waals surface area contributed by atoms with E-state index in [1.165, 1.54) is 0 Å². The minimum Gasteiger partial charge on any atom is -0.392 e. The monoisotopic (exact) mass is 298 g/mol. The zero-order valence-electron chi connectivity index (χ0n) is 9.53. The van der Waals surface area contributed by atoms with E-state index in [1.54, 1.807) is 0 Å². The van der Waals surface area contributed by atoms with Crippen LogP contribution in [0, 0.1) is 6.92 Å². The fraction of sp³-hybridized carbons (Fsp3) is 0.417. The Balaban J connectivity index is 2.06. The fourth-order valence-corrected chi connectivity index (χ4v) is 2.25. The molecule has 0 radical (unpaired) electrons. The van der Waals surface area contributed by atoms with Gasteiger partial charge in [-0.15, -0.1) is 0 Å². The Morgan fingerprint density at radius 2 is 2.35 bits per heavy atom. The lowest BCUT2D eigenvalue weighted by Crippen LogP contribution is -2.35. The molecule has 5 heteroatoms. The molecule has 0 aliphatic carbocycles. The molecular weight excluding hydrogens is 284 g/mol. The van der Waals surface area contributed by atoms with Gasteiger partial charge in [0.05, 0.1) is 12.1 Å². The van der Waals surface area contributed by atoms with Crippen LogP contribution in [0.2, 0.25) is 0 Å². The van der Waals surface area contributed by atoms with Gasteiger partial charge in [0, 0.05) is 16.7 Å². The van der Waals surface area contributed by atoms with Crippen molar-refractivity contribution in [2.24, 2.45) is 0 Å². The first kappa shape index (κ1) is 12.5. The molecule has 2 unspecified atom stereocenters. The number of β-amino-alcohol motifs (C(OH)–C–C–N with tert-alkyl or cyclic N) is 1. The summed E-state index contributed by atoms with van der Waals surface area (Å²) in [6.45, 7) is 2.42. The first-order valence-corrected chi connectivity index (χ1v) is 6.34. The molecule has 1 fully saturated rings. The number of halogens is 1. The van der Waals surface area contributed by atoms with Gasteiger partial charge in [0.1, 0.15) is 0 Å². The van der Waals surface area contributed by atoms with Crippen LogP contribution in [0.1, 0.15) is 12.0 Å². The van der Waals surface area contributed by atoms with Crippen LogP contribution in [0.25, 0.3) is 0 Å². The van der Waals surface area contributed by atoms with E-state index in [9.17, 15) is 9.90 Å². The molecule has 1 aliphatic heterocycles. The quantitative estimate of drug-likeness (QED) is 0.774. The Morgan fingerprint density at radius 3 is 3.00 bits per heavy atom. The highest BCUT2D eigenvalue weighted by atomic mass is 79.9. The van der Waals surface area contributed by atoms with Gasteiger partial charge in [-0.05, 0) is 31.0 Å². The second-order valence-corrected chi connectivity index (χ2v) is 5.11. The molecule has 1 heterocycles. The Labute approximate surface area is 109 Å². The van der Waals surface area contributed by atoms with Crippen molar-refractivity contribution in [1.29, 1.82) is 0 Å². The predicted octanol–water partition coefficient (Wildman–Crippen LogP) is 1.42. The molecular formula is C12H15BrN2O2. The van der Waals surface area contributed by atoms with E-state index < -0.39 is 6.10 Å². The SMILES string of the molecule is Cc1c(Br)cccc1NC(=O)C1CC(O)CN1. The maximum Gasteiger partial charge on any atom is 0.241 e. The van der Waals surface area contributed by atoms with Crippen LogP contribution in [-0.2, 0) is 4.79 Å². The average Bonchev–Trinajstić information content (AvgIpc) is 2.72. The van der Waals surface area contributed by atoms with Crippen molar-refractivity contribution < 1.29 is 9.90 Å². The second kappa shape index (κ2) is 5.16. The summed E-state index contributed by atoms with van der Waals surface area (Å²) in [5.74, 6) is -0.0947. The molecule has 1 aromatic carbocycles. The Hall–Kier alpha value is -0.910. The first-order valence-electron chi connectivity index (χ1n) is 5.55. The molecule has 1 amide bonds. The Morgan fingerprint density at radius 1 is 1.59 bits per heavy atom. The van der Waals surface area contributed by atoms with E-state index in [2.05, 4.69) is 26.6 Å². The molecule has 92 valence electrons. The van der Waals surface area contributed by atoms with E-state index in [1.807, 2.05) is 25.1 Å². The molecule has 0 spiro atoms. The number of aliphatic hydroxyl groups excluding tert-OH is 1. The van der Waals surface area contributed by atoms with Gasteiger partial charge in [0.15, 0.2) is 0 Å². The zero-order chi connectivity index (χ0) is 12.4. The highest BCUT2D eigenvalue weighted by Gasteiger charge is 2.28. The molecule has 2 rings (SSSR count). The summed E-state index contributed by atoms with van der Waals surface area (Å²) >= 11 is 3.42. The van der Waals surface area contributed by atoms with Crippen molar-refractivity contribution in [2.45, 2.75) is 25.5 Å². The molecule has 0 bridgehead atoms. The Kier molecular flexibility index (Phi) is 3.81. The number of anilines is 1. The van der Waals surface area contributed by atoms with E-state index in [0.717, 1.165) is 15.7 Å². The van der Waals surface area contributed by atoms with Crippen LogP contribution < -0.4 is 10.6 Å². The van der Waals surface area contributed by atoms with Gasteiger partial charge in [-0.1, -0.05) is 22.0 Å². The van der Waals surface area contributed by atoms with Gasteiger partial charge in [0.25, 0.3) is 0 Å². The number of nitrogens with one attached hydrogen (secondary N) is 2. The standard InChI is InChI=1S/C12H15BrN2O2/c1-7-9(13)3-2-4-10(7)15-12(17)11-5-8(16)6-14-11/h2-4,8,11,14,16H,5-6H2,1H3,(H,15,17). The minimum absolute atomic E-state index is 0.0947. The summed E-state index contributed by atoms with van der Waals surface area (Å²) in [4.78, 5) is 11.9. The number of rotatable bonds is 2. The lowest BCUT2D eigenvalue weighted by Gasteiger charge is -2.13. The lowest BCUT2D eigenvalue weighted by molar-refractivity contribution is -0.117. The third kappa shape index (κ3) is 2.86. The van der Waals surface area contributed by atoms with Crippen molar-refractivity contribution in [3.05, 3.63) is 28.2 Å². The molecule has 2 atom stereocenters. The number of amides is 1. The van der Waals surface area contributed by atoms with Crippen molar-refractivity contribution in [3.8, 4) is 0 Å². The summed E-state index contributed by atoms with van der Waals surface area (Å²) in [6, 6.07) is 5.37. The van der Waals surface area contributed by atoms with Crippen molar-refractivity contribution in [1.82, 2.24) is 5.32 Å². The largest absolute Gasteiger partial charge is 0.392 e. The van der Waals surface area contributed by atoms with Gasteiger partial charge in [-0.25, -0.2) is 0 Å². The molecule has 17 heavy (non-hydrogen) atoms. The maximum absolute atomic E-state index is 11.9. The third-order valence-corrected chi connectivity index (χ3v) is 3.81. The summed E-state index contributed by atoms with van der Waals surface area (Å²) < 4.78 is 0.967. The van der Waals surface area contributed by atoms with E-state index in [4.69, 9.17) is 0 Å². The van der Waals surface area contributed by atoms with E-state index in [0.29, 0.717) is 13.0 Å². The molecule has 0 saturated carbocycles. The number of benzene rings is 1. The topological polar surface area (TPSA) is 61.4 Å². The van der Waals surface area contributed by atoms with Crippen LogP contribution in [-0.4, -0.2) is 29.7 Å². The number of aliphatic hydroxyl groups is 1. The van der Waals surface area contributed by atoms with Crippen LogP contribution in [0.3, 0.4) is 0 Å². The average molecular weight is 299 g/mol. The summed E-state index contributed by atoms with van der Waals surface area (Å²) in [6.07, 6.45) is 0.0492. The zero-order valence-corrected chi connectivity index (χ0v) is 11.1. The predicted molar refractivity (Wildman–Crippen MR) is 69.9 cm³/mol. The van der Waals surface area contributed by atoms with Crippen molar-refractivity contribution in [3.63, 3.8) is 0 Å². The van der Waals surface area contributed by atoms with Crippen LogP contribution in [0.4, 0.5) is 5.69 Å². The van der Waals surface area contributed by atoms with Crippen LogP contribution in [0.15, 0.2) is 22.7 Å². The van der Waals surface area contributed by atoms with Crippen LogP contribution >= 0.6 is 15.9 Å². The number of carbonyl (C=O) groups is 1. The summed E-state index contributed by atoms with van der Waals surface area (Å²) in [5.41, 5.74) is 1.80. The van der Waals surface area contributed by atoms with Crippen molar-refractivity contribution in [2.75, 3.05) is 11.9 Å². The molecule has 4 nitrogen and oxygen atoms in total. The lowest BCUT2D eigenvalue weighted by atomic mass is 10.1. The van der Waals surface area contributed by atoms with E-state index >= 15 is 0 Å². The second-order valence-electron chi connectivity index (χ2n) is 4.25. The van der Waals surface area contributed by atoms with Crippen molar-refractivity contribution >= 4 is 27.5 Å². The van der Waals surface area contributed by atoms with Gasteiger partial charge in [-0.2, -0.15) is 0 Å². The van der Waals surface area contributed by atoms with Gasteiger partial charge in [-0.3, -0.25) is 4.79 Å². The third-order valence-electron chi connectivity index (χ3n) is 2.95. The van der Waals surface area contributed by atoms with Gasteiger partial charge >= 0.3 is 0 Å². The summed E-state index contributed by atoms with van der Waals surface area (Å²) in [5, 5.41) is 15.2. The minimum atomic E-state index is -0.422. The summed E-state index contributed by atoms with van der Waals surface area (Å²) in [7, 11) is 0. The maximum atomic E-state index is 11.9. The number of hydrogen-bond acceptors (Lipinski definition) is 3. The fourth-order valence-electron chi connectivity index (χ4n) is 1.88. The highest BCUT2D eigenvalue weighted by Crippen LogP contribution is 2.23. The van der Waals surface area contributed by atoms with Gasteiger partial charge in [0.2, 0.25) is 5.91 Å². The van der Waals surface area contributed by atoms with Gasteiger partial charge < -0.3 is 15.7 Å². The smallest absolute Gasteiger partial charge is 0.241 e. The highest BCUT2D eigenvalue weighted by molar-refractivity contribution is 9.10. The van der Waals surface area contributed by atoms with Crippen LogP contribution in [0.5, 0.6) is 0 Å². The number of hydrogen-bond donors (Lipinski definition) is 3. The molecule has 1 aliphatic rings. The first-order chi connectivity index (χ1) is 8.08. The molecule has 1 aromatic rings. The number of carbonyl (C=O) groups excluding carboxylic acids is 1. The molecule has 3 N–H and O–H groups in total.